The van der Waals surface area contributed by atoms with Gasteiger partial charge in [-0.15, -0.1) is 0 Å². The fourth-order valence-electron chi connectivity index (χ4n) is 3.20. The lowest BCUT2D eigenvalue weighted by molar-refractivity contribution is -0.125. The van der Waals surface area contributed by atoms with Crippen molar-refractivity contribution >= 4 is 5.91 Å². The average molecular weight is 274 g/mol. The summed E-state index contributed by atoms with van der Waals surface area (Å²) in [6.45, 7) is 0.738. The second kappa shape index (κ2) is 5.94. The average Bonchev–Trinajstić information content (AvgIpc) is 2.49. The maximum Gasteiger partial charge on any atom is 0.237 e. The number of hydrogen-bond donors (Lipinski definition) is 3. The van der Waals surface area contributed by atoms with E-state index in [0.29, 0.717) is 0 Å². The second-order valence-electron chi connectivity index (χ2n) is 5.87. The van der Waals surface area contributed by atoms with Crippen LogP contribution in [-0.4, -0.2) is 29.2 Å². The van der Waals surface area contributed by atoms with Crippen LogP contribution in [-0.2, 0) is 17.8 Å². The van der Waals surface area contributed by atoms with E-state index in [9.17, 15) is 9.90 Å². The van der Waals surface area contributed by atoms with Crippen molar-refractivity contribution in [2.75, 3.05) is 0 Å². The number of carbonyl (C=O) groups is 1. The minimum Gasteiger partial charge on any atom is -0.391 e. The lowest BCUT2D eigenvalue weighted by atomic mass is 9.91. The van der Waals surface area contributed by atoms with Crippen LogP contribution in [0.25, 0.3) is 0 Å². The minimum atomic E-state index is -0.386. The molecule has 1 saturated carbocycles. The molecular formula is C16H22N2O2. The Kier molecular flexibility index (Phi) is 4.03. The van der Waals surface area contributed by atoms with Crippen molar-refractivity contribution in [1.82, 2.24) is 10.6 Å². The Hall–Kier alpha value is -1.39. The van der Waals surface area contributed by atoms with E-state index in [1.54, 1.807) is 0 Å². The molecule has 1 aromatic carbocycles. The van der Waals surface area contributed by atoms with Crippen LogP contribution >= 0.6 is 0 Å². The number of rotatable bonds is 2. The van der Waals surface area contributed by atoms with E-state index in [-0.39, 0.29) is 24.1 Å². The van der Waals surface area contributed by atoms with E-state index in [1.807, 2.05) is 12.1 Å². The van der Waals surface area contributed by atoms with E-state index in [1.165, 1.54) is 11.1 Å². The van der Waals surface area contributed by atoms with Gasteiger partial charge in [-0.25, -0.2) is 0 Å². The van der Waals surface area contributed by atoms with Gasteiger partial charge in [-0.05, 0) is 30.4 Å². The molecule has 3 rings (SSSR count). The summed E-state index contributed by atoms with van der Waals surface area (Å²) in [6.07, 6.45) is 4.17. The molecule has 1 aliphatic carbocycles. The first-order valence-corrected chi connectivity index (χ1v) is 7.52. The van der Waals surface area contributed by atoms with Gasteiger partial charge in [0.05, 0.1) is 18.2 Å². The van der Waals surface area contributed by atoms with Crippen molar-refractivity contribution in [2.45, 2.75) is 56.8 Å². The van der Waals surface area contributed by atoms with Gasteiger partial charge in [-0.1, -0.05) is 37.1 Å². The van der Waals surface area contributed by atoms with Gasteiger partial charge < -0.3 is 15.7 Å². The molecule has 1 amide bonds. The van der Waals surface area contributed by atoms with E-state index in [2.05, 4.69) is 22.8 Å². The highest BCUT2D eigenvalue weighted by molar-refractivity contribution is 5.82. The minimum absolute atomic E-state index is 0.0189. The fraction of sp³-hybridized carbons (Fsp3) is 0.562. The molecule has 1 heterocycles. The number of carbonyl (C=O) groups excluding carboxylic acids is 1. The Morgan fingerprint density at radius 2 is 1.95 bits per heavy atom. The lowest BCUT2D eigenvalue weighted by Crippen LogP contribution is -2.53. The maximum absolute atomic E-state index is 12.3. The van der Waals surface area contributed by atoms with Crippen LogP contribution < -0.4 is 10.6 Å². The molecule has 4 heteroatoms. The SMILES string of the molecule is O=C(N[C@H]1CCCC[C@@H]1O)[C@@H]1Cc2ccccc2CN1. The summed E-state index contributed by atoms with van der Waals surface area (Å²) in [6, 6.07) is 7.98. The van der Waals surface area contributed by atoms with E-state index in [4.69, 9.17) is 0 Å². The number of benzene rings is 1. The zero-order chi connectivity index (χ0) is 13.9. The van der Waals surface area contributed by atoms with Crippen LogP contribution in [0.4, 0.5) is 0 Å². The molecule has 1 fully saturated rings. The van der Waals surface area contributed by atoms with Gasteiger partial charge in [0.25, 0.3) is 0 Å². The molecule has 0 radical (unpaired) electrons. The molecule has 2 aliphatic rings. The van der Waals surface area contributed by atoms with Crippen molar-refractivity contribution < 1.29 is 9.90 Å². The van der Waals surface area contributed by atoms with E-state index < -0.39 is 0 Å². The van der Waals surface area contributed by atoms with Crippen LogP contribution in [0.1, 0.15) is 36.8 Å². The Bertz CT molecular complexity index is 489. The van der Waals surface area contributed by atoms with Crippen molar-refractivity contribution in [2.24, 2.45) is 0 Å². The maximum atomic E-state index is 12.3. The molecule has 0 spiro atoms. The third kappa shape index (κ3) is 2.86. The summed E-state index contributed by atoms with van der Waals surface area (Å²) in [5.74, 6) is 0.0189. The number of hydrogen-bond acceptors (Lipinski definition) is 3. The lowest BCUT2D eigenvalue weighted by Gasteiger charge is -2.31. The predicted molar refractivity (Wildman–Crippen MR) is 77.2 cm³/mol. The van der Waals surface area contributed by atoms with Crippen molar-refractivity contribution in [3.63, 3.8) is 0 Å². The van der Waals surface area contributed by atoms with Gasteiger partial charge in [0, 0.05) is 6.54 Å². The number of fused-ring (bicyclic) bond motifs is 1. The summed E-state index contributed by atoms with van der Waals surface area (Å²) in [5, 5.41) is 16.2. The molecule has 1 aliphatic heterocycles. The Balaban J connectivity index is 1.61. The second-order valence-corrected chi connectivity index (χ2v) is 5.87. The van der Waals surface area contributed by atoms with Crippen LogP contribution in [0.15, 0.2) is 24.3 Å². The zero-order valence-electron chi connectivity index (χ0n) is 11.6. The number of amides is 1. The molecular weight excluding hydrogens is 252 g/mol. The molecule has 0 saturated heterocycles. The highest BCUT2D eigenvalue weighted by Gasteiger charge is 2.29. The summed E-state index contributed by atoms with van der Waals surface area (Å²) >= 11 is 0. The van der Waals surface area contributed by atoms with Crippen molar-refractivity contribution in [3.8, 4) is 0 Å². The van der Waals surface area contributed by atoms with Gasteiger partial charge >= 0.3 is 0 Å². The molecule has 108 valence electrons. The summed E-state index contributed by atoms with van der Waals surface area (Å²) in [7, 11) is 0. The topological polar surface area (TPSA) is 61.4 Å². The zero-order valence-corrected chi connectivity index (χ0v) is 11.6. The third-order valence-corrected chi connectivity index (χ3v) is 4.45. The molecule has 4 nitrogen and oxygen atoms in total. The first-order valence-electron chi connectivity index (χ1n) is 7.52. The molecule has 0 aromatic heterocycles. The summed E-state index contributed by atoms with van der Waals surface area (Å²) < 4.78 is 0. The van der Waals surface area contributed by atoms with Crippen LogP contribution in [0.3, 0.4) is 0 Å². The first kappa shape index (κ1) is 13.6. The van der Waals surface area contributed by atoms with E-state index >= 15 is 0 Å². The summed E-state index contributed by atoms with van der Waals surface area (Å²) in [4.78, 5) is 12.3. The Morgan fingerprint density at radius 3 is 2.75 bits per heavy atom. The highest BCUT2D eigenvalue weighted by Crippen LogP contribution is 2.20. The van der Waals surface area contributed by atoms with Gasteiger partial charge in [-0.2, -0.15) is 0 Å². The fourth-order valence-corrected chi connectivity index (χ4v) is 3.20. The molecule has 3 N–H and O–H groups in total. The highest BCUT2D eigenvalue weighted by atomic mass is 16.3. The Labute approximate surface area is 119 Å². The largest absolute Gasteiger partial charge is 0.391 e. The monoisotopic (exact) mass is 274 g/mol. The van der Waals surface area contributed by atoms with Crippen LogP contribution in [0, 0.1) is 0 Å². The number of nitrogens with one attached hydrogen (secondary N) is 2. The summed E-state index contributed by atoms with van der Waals surface area (Å²) in [5.41, 5.74) is 2.52. The van der Waals surface area contributed by atoms with Gasteiger partial charge in [-0.3, -0.25) is 4.79 Å². The smallest absolute Gasteiger partial charge is 0.237 e. The predicted octanol–water partition coefficient (Wildman–Crippen LogP) is 1.12. The van der Waals surface area contributed by atoms with E-state index in [0.717, 1.165) is 38.6 Å². The van der Waals surface area contributed by atoms with Gasteiger partial charge in [0.15, 0.2) is 0 Å². The third-order valence-electron chi connectivity index (χ3n) is 4.45. The Morgan fingerprint density at radius 1 is 1.20 bits per heavy atom. The molecule has 1 aromatic rings. The van der Waals surface area contributed by atoms with Crippen LogP contribution in [0.5, 0.6) is 0 Å². The van der Waals surface area contributed by atoms with Gasteiger partial charge in [0.2, 0.25) is 5.91 Å². The normalized spacial score (nSPS) is 29.6. The van der Waals surface area contributed by atoms with Crippen molar-refractivity contribution in [1.29, 1.82) is 0 Å². The number of aliphatic hydroxyl groups excluding tert-OH is 1. The van der Waals surface area contributed by atoms with Crippen LogP contribution in [0.2, 0.25) is 0 Å². The van der Waals surface area contributed by atoms with Gasteiger partial charge in [0.1, 0.15) is 0 Å². The molecule has 0 unspecified atom stereocenters. The van der Waals surface area contributed by atoms with Crippen molar-refractivity contribution in [3.05, 3.63) is 35.4 Å². The first-order chi connectivity index (χ1) is 9.74. The molecule has 0 bridgehead atoms. The molecule has 20 heavy (non-hydrogen) atoms. The molecule has 3 atom stereocenters. The number of aliphatic hydroxyl groups is 1. The standard InChI is InChI=1S/C16H22N2O2/c19-15-8-4-3-7-13(15)18-16(20)14-9-11-5-1-2-6-12(11)10-17-14/h1-2,5-6,13-15,17,19H,3-4,7-10H2,(H,18,20)/t13-,14-,15-/m0/s1. The quantitative estimate of drug-likeness (QED) is 0.757.